The molecule has 9 nitrogen and oxygen atoms in total. The zero-order chi connectivity index (χ0) is 9.30. The minimum Gasteiger partial charge on any atom is -0.385 e. The van der Waals surface area contributed by atoms with E-state index in [2.05, 4.69) is 5.10 Å². The second-order valence-electron chi connectivity index (χ2n) is 1.82. The third-order valence-corrected chi connectivity index (χ3v) is 1.12. The number of hydrogen-bond donors (Lipinski definition) is 2. The van der Waals surface area contributed by atoms with Crippen LogP contribution in [0.4, 0.5) is 17.3 Å². The Balaban J connectivity index is 0.00000144. The van der Waals surface area contributed by atoms with Gasteiger partial charge in [-0.1, -0.05) is 0 Å². The number of aromatic amines is 1. The van der Waals surface area contributed by atoms with Gasteiger partial charge in [-0.15, -0.1) is 0 Å². The smallest absolute Gasteiger partial charge is 0.385 e. The average molecular weight is 380 g/mol. The van der Waals surface area contributed by atoms with Gasteiger partial charge in [0.15, 0.2) is 0 Å². The Morgan fingerprint density at radius 2 is 1.85 bits per heavy atom. The predicted molar refractivity (Wildman–Crippen MR) is 42.1 cm³/mol. The van der Waals surface area contributed by atoms with Crippen molar-refractivity contribution in [2.75, 3.05) is 5.73 Å². The summed E-state index contributed by atoms with van der Waals surface area (Å²) in [5.41, 5.74) is 4.46. The van der Waals surface area contributed by atoms with Gasteiger partial charge in [-0.05, 0) is 14.9 Å². The van der Waals surface area contributed by atoms with Crippen LogP contribution in [0, 0.1) is 20.2 Å². The van der Waals surface area contributed by atoms with E-state index in [1.54, 1.807) is 0 Å². The van der Waals surface area contributed by atoms with Crippen LogP contribution in [-0.2, 0) is 0 Å². The quantitative estimate of drug-likeness (QED) is 0.400. The first-order valence-corrected chi connectivity index (χ1v) is 2.66. The van der Waals surface area contributed by atoms with Crippen LogP contribution < -0.4 is 5.73 Å². The summed E-state index contributed by atoms with van der Waals surface area (Å²) in [6, 6.07) is 0. The minimum absolute atomic E-state index is 0. The Labute approximate surface area is 90.8 Å². The largest absolute Gasteiger partial charge is 0.443 e. The third kappa shape index (κ3) is 2.10. The van der Waals surface area contributed by atoms with Crippen molar-refractivity contribution in [3.8, 4) is 0 Å². The van der Waals surface area contributed by atoms with E-state index in [1.807, 2.05) is 5.10 Å². The summed E-state index contributed by atoms with van der Waals surface area (Å²) in [4.78, 5) is 18.4. The first-order chi connectivity index (χ1) is 5.54. The maximum absolute atomic E-state index is 10.1. The molecule has 0 saturated heterocycles. The first kappa shape index (κ1) is 11.7. The van der Waals surface area contributed by atoms with E-state index in [4.69, 9.17) is 5.73 Å². The average Bonchev–Trinajstić information content (AvgIpc) is 2.30. The topological polar surface area (TPSA) is 141 Å². The fourth-order valence-corrected chi connectivity index (χ4v) is 0.611. The van der Waals surface area contributed by atoms with Crippen molar-refractivity contribution in [2.24, 2.45) is 0 Å². The molecule has 0 fully saturated rings. The zero-order valence-electron chi connectivity index (χ0n) is 6.05. The van der Waals surface area contributed by atoms with Crippen molar-refractivity contribution in [3.63, 3.8) is 0 Å². The molecule has 1 aromatic heterocycles. The number of nitrogens with zero attached hydrogens (tertiary/aromatic N) is 3. The number of aromatic nitrogens is 2. The molecule has 0 aliphatic heterocycles. The Morgan fingerprint density at radius 3 is 2.08 bits per heavy atom. The Bertz CT molecular complexity index is 316. The van der Waals surface area contributed by atoms with Gasteiger partial charge in [0, 0.05) is 27.3 Å². The van der Waals surface area contributed by atoms with Gasteiger partial charge in [0.2, 0.25) is 5.69 Å². The number of rotatable bonds is 2. The molecule has 0 atom stereocenters. The van der Waals surface area contributed by atoms with E-state index in [-0.39, 0.29) is 27.3 Å². The molecule has 0 spiro atoms. The molecule has 13 heavy (non-hydrogen) atoms. The fraction of sp³-hybridized carbons (Fsp3) is 0. The molecule has 1 aromatic rings. The van der Waals surface area contributed by atoms with Crippen LogP contribution in [0.15, 0.2) is 0 Å². The molecule has 1 rings (SSSR count). The molecule has 0 amide bonds. The fourth-order valence-electron chi connectivity index (χ4n) is 0.611. The Hall–Kier alpha value is -1.27. The molecule has 0 aliphatic rings. The number of nitrogen functional groups attached to an aromatic ring is 1. The summed E-state index contributed by atoms with van der Waals surface area (Å²) in [7, 11) is 0. The normalized spacial score (nSPS) is 8.92. The maximum atomic E-state index is 10.1. The summed E-state index contributed by atoms with van der Waals surface area (Å²) in [5.74, 6) is -1.40. The van der Waals surface area contributed by atoms with Gasteiger partial charge in [0.05, 0.1) is 0 Å². The molecule has 68 valence electrons. The monoisotopic (exact) mass is 381 g/mol. The molecular formula is C3H3N5O4Pb. The Kier molecular flexibility index (Phi) is 3.71. The van der Waals surface area contributed by atoms with Crippen molar-refractivity contribution in [2.45, 2.75) is 0 Å². The van der Waals surface area contributed by atoms with Gasteiger partial charge in [-0.3, -0.25) is 0 Å². The van der Waals surface area contributed by atoms with E-state index >= 15 is 0 Å². The standard InChI is InChI=1S/C3H3N5O4.Pb/c4-1-2(7(9)10)5-6-3(1)8(11)12;/h4H2,(H,5,6);. The van der Waals surface area contributed by atoms with E-state index in [0.717, 1.165) is 0 Å². The van der Waals surface area contributed by atoms with Gasteiger partial charge in [0.25, 0.3) is 0 Å². The van der Waals surface area contributed by atoms with Gasteiger partial charge in [-0.2, -0.15) is 0 Å². The van der Waals surface area contributed by atoms with Crippen molar-refractivity contribution >= 4 is 44.6 Å². The number of nitrogens with one attached hydrogen (secondary N) is 1. The van der Waals surface area contributed by atoms with Gasteiger partial charge >= 0.3 is 11.6 Å². The molecule has 0 bridgehead atoms. The molecule has 0 aliphatic carbocycles. The van der Waals surface area contributed by atoms with Crippen molar-refractivity contribution < 1.29 is 9.85 Å². The van der Waals surface area contributed by atoms with Crippen LogP contribution in [-0.4, -0.2) is 47.3 Å². The number of hydrogen-bond acceptors (Lipinski definition) is 6. The summed E-state index contributed by atoms with van der Waals surface area (Å²) < 4.78 is 0. The van der Waals surface area contributed by atoms with Crippen molar-refractivity contribution in [1.82, 2.24) is 10.2 Å². The molecule has 0 saturated carbocycles. The molecular weight excluding hydrogens is 377 g/mol. The number of nitrogens with two attached hydrogens (primary N) is 1. The second kappa shape index (κ2) is 4.11. The molecule has 4 radical (unpaired) electrons. The molecule has 10 heteroatoms. The number of nitro groups is 2. The molecule has 1 heterocycles. The van der Waals surface area contributed by atoms with E-state index in [0.29, 0.717) is 0 Å². The van der Waals surface area contributed by atoms with E-state index in [1.165, 1.54) is 0 Å². The predicted octanol–water partition coefficient (Wildman–Crippen LogP) is -0.573. The van der Waals surface area contributed by atoms with Gasteiger partial charge in [-0.25, -0.2) is 0 Å². The van der Waals surface area contributed by atoms with Crippen LogP contribution in [0.25, 0.3) is 0 Å². The SMILES string of the molecule is Nc1c([N+](=O)[O-])n[nH]c1[N+](=O)[O-].[Pb]. The Morgan fingerprint density at radius 1 is 1.31 bits per heavy atom. The van der Waals surface area contributed by atoms with Crippen LogP contribution in [0.2, 0.25) is 0 Å². The van der Waals surface area contributed by atoms with Crippen LogP contribution in [0.5, 0.6) is 0 Å². The van der Waals surface area contributed by atoms with Crippen LogP contribution >= 0.6 is 0 Å². The third-order valence-electron chi connectivity index (χ3n) is 1.12. The second-order valence-corrected chi connectivity index (χ2v) is 1.82. The number of H-pyrrole nitrogens is 1. The summed E-state index contributed by atoms with van der Waals surface area (Å²) in [6.07, 6.45) is 0. The maximum Gasteiger partial charge on any atom is 0.443 e. The minimum atomic E-state index is -0.904. The molecule has 0 unspecified atom stereocenters. The molecule has 3 N–H and O–H groups in total. The zero-order valence-corrected chi connectivity index (χ0v) is 9.94. The summed E-state index contributed by atoms with van der Waals surface area (Å²) >= 11 is 0. The summed E-state index contributed by atoms with van der Waals surface area (Å²) in [6.45, 7) is 0. The van der Waals surface area contributed by atoms with Gasteiger partial charge < -0.3 is 26.0 Å². The summed E-state index contributed by atoms with van der Waals surface area (Å²) in [5, 5.41) is 25.1. The van der Waals surface area contributed by atoms with E-state index in [9.17, 15) is 20.2 Å². The van der Waals surface area contributed by atoms with Crippen LogP contribution in [0.1, 0.15) is 0 Å². The number of anilines is 1. The molecule has 0 aromatic carbocycles. The van der Waals surface area contributed by atoms with Gasteiger partial charge in [0.1, 0.15) is 5.10 Å². The first-order valence-electron chi connectivity index (χ1n) is 2.66. The van der Waals surface area contributed by atoms with Crippen LogP contribution in [0.3, 0.4) is 0 Å². The van der Waals surface area contributed by atoms with Crippen molar-refractivity contribution in [1.29, 1.82) is 0 Å². The van der Waals surface area contributed by atoms with E-state index < -0.39 is 27.2 Å². The van der Waals surface area contributed by atoms with Crippen molar-refractivity contribution in [3.05, 3.63) is 20.2 Å².